The molecular weight excluding hydrogens is 651 g/mol. The van der Waals surface area contributed by atoms with Crippen LogP contribution in [0.2, 0.25) is 0 Å². The Morgan fingerprint density at radius 1 is 0.463 bits per heavy atom. The minimum absolute atomic E-state index is 0. The molecule has 0 fully saturated rings. The molecule has 2 aromatic carbocycles. The van der Waals surface area contributed by atoms with Crippen LogP contribution in [0.5, 0.6) is 0 Å². The number of methoxy groups -OCH3 is 2. The van der Waals surface area contributed by atoms with Gasteiger partial charge in [0.2, 0.25) is 0 Å². The number of aliphatic hydroxyl groups is 4. The average molecular weight is 688 g/mol. The van der Waals surface area contributed by atoms with E-state index in [1.807, 2.05) is 13.8 Å². The summed E-state index contributed by atoms with van der Waals surface area (Å²) in [5, 5.41) is 32.9. The van der Waals surface area contributed by atoms with E-state index in [-0.39, 0.29) is 52.3 Å². The van der Waals surface area contributed by atoms with Gasteiger partial charge in [0.1, 0.15) is 0 Å². The first kappa shape index (κ1) is 44.0. The smallest absolute Gasteiger partial charge is 0.167 e. The molecular formula is C26H36F8O6Zr. The SMILES string of the molecule is CCCO.CCCO.COCCc1c(F)c(F)c(CO)c(F)c1F.COCCc1c(F)c(F)c(CO)c(F)c1F.[Zr]. The maximum atomic E-state index is 13.3. The fraction of sp³-hybridized carbons (Fsp3) is 0.538. The van der Waals surface area contributed by atoms with E-state index in [1.54, 1.807) is 0 Å². The van der Waals surface area contributed by atoms with Crippen molar-refractivity contribution < 1.29 is 91.2 Å². The molecule has 0 aliphatic carbocycles. The summed E-state index contributed by atoms with van der Waals surface area (Å²) < 4.78 is 115. The van der Waals surface area contributed by atoms with Gasteiger partial charge in [0.15, 0.2) is 46.5 Å². The molecule has 0 heterocycles. The molecule has 0 spiro atoms. The maximum Gasteiger partial charge on any atom is 0.167 e. The molecule has 0 radical (unpaired) electrons. The van der Waals surface area contributed by atoms with E-state index in [1.165, 1.54) is 14.2 Å². The Morgan fingerprint density at radius 3 is 0.805 bits per heavy atom. The van der Waals surface area contributed by atoms with Gasteiger partial charge >= 0.3 is 0 Å². The number of hydrogen-bond acceptors (Lipinski definition) is 6. The summed E-state index contributed by atoms with van der Waals surface area (Å²) >= 11 is 0. The minimum atomic E-state index is -1.56. The van der Waals surface area contributed by atoms with Crippen molar-refractivity contribution in [2.75, 3.05) is 40.6 Å². The first-order chi connectivity index (χ1) is 18.9. The summed E-state index contributed by atoms with van der Waals surface area (Å²) in [5.74, 6) is -12.2. The number of aliphatic hydroxyl groups excluding tert-OH is 4. The second-order valence-electron chi connectivity index (χ2n) is 7.68. The predicted octanol–water partition coefficient (Wildman–Crippen LogP) is 4.62. The number of hydrogen-bond donors (Lipinski definition) is 4. The molecule has 0 unspecified atom stereocenters. The van der Waals surface area contributed by atoms with Crippen LogP contribution in [0.4, 0.5) is 35.1 Å². The monoisotopic (exact) mass is 686 g/mol. The maximum absolute atomic E-state index is 13.3. The second-order valence-corrected chi connectivity index (χ2v) is 7.68. The molecule has 0 aliphatic heterocycles. The third-order valence-electron chi connectivity index (χ3n) is 4.77. The summed E-state index contributed by atoms with van der Waals surface area (Å²) in [6.45, 7) is 2.17. The van der Waals surface area contributed by atoms with Crippen molar-refractivity contribution in [1.82, 2.24) is 0 Å². The molecule has 41 heavy (non-hydrogen) atoms. The topological polar surface area (TPSA) is 99.4 Å². The van der Waals surface area contributed by atoms with Crippen LogP contribution in [0.3, 0.4) is 0 Å². The molecule has 0 aromatic heterocycles. The van der Waals surface area contributed by atoms with E-state index in [0.29, 0.717) is 13.2 Å². The minimum Gasteiger partial charge on any atom is -0.396 e. The van der Waals surface area contributed by atoms with Crippen molar-refractivity contribution in [3.8, 4) is 0 Å². The van der Waals surface area contributed by atoms with Crippen molar-refractivity contribution in [1.29, 1.82) is 0 Å². The van der Waals surface area contributed by atoms with Gasteiger partial charge in [-0.25, -0.2) is 35.1 Å². The van der Waals surface area contributed by atoms with E-state index < -0.39 is 82.0 Å². The molecule has 0 saturated carbocycles. The molecule has 0 bridgehead atoms. The summed E-state index contributed by atoms with van der Waals surface area (Å²) in [6, 6.07) is 0. The summed E-state index contributed by atoms with van der Waals surface area (Å²) in [4.78, 5) is 0. The third kappa shape index (κ3) is 14.0. The van der Waals surface area contributed by atoms with Crippen LogP contribution in [0.15, 0.2) is 0 Å². The van der Waals surface area contributed by atoms with Gasteiger partial charge in [-0.2, -0.15) is 0 Å². The zero-order valence-corrected chi connectivity index (χ0v) is 25.7. The van der Waals surface area contributed by atoms with E-state index in [4.69, 9.17) is 20.4 Å². The van der Waals surface area contributed by atoms with Crippen molar-refractivity contribution in [3.05, 3.63) is 68.8 Å². The van der Waals surface area contributed by atoms with E-state index in [0.717, 1.165) is 12.8 Å². The molecule has 0 aliphatic rings. The molecule has 0 amide bonds. The fourth-order valence-electron chi connectivity index (χ4n) is 2.57. The standard InChI is InChI=1S/2C10H10F4O2.2C3H8O.Zr/c2*1-16-3-2-5-7(11)9(13)6(4-15)10(14)8(5)12;2*1-2-3-4;/h2*15H,2-4H2,1H3;2*4H,2-3H2,1H3;. The second kappa shape index (κ2) is 25.1. The first-order valence-electron chi connectivity index (χ1n) is 12.0. The number of halogens is 8. The Labute approximate surface area is 253 Å². The molecule has 4 N–H and O–H groups in total. The molecule has 0 atom stereocenters. The van der Waals surface area contributed by atoms with E-state index in [2.05, 4.69) is 9.47 Å². The van der Waals surface area contributed by atoms with E-state index in [9.17, 15) is 35.1 Å². The Bertz CT molecular complexity index is 873. The van der Waals surface area contributed by atoms with Gasteiger partial charge in [-0.15, -0.1) is 0 Å². The third-order valence-corrected chi connectivity index (χ3v) is 4.77. The zero-order chi connectivity index (χ0) is 31.4. The largest absolute Gasteiger partial charge is 0.396 e. The van der Waals surface area contributed by atoms with Crippen molar-refractivity contribution >= 4 is 0 Å². The average Bonchev–Trinajstić information content (AvgIpc) is 2.96. The predicted molar refractivity (Wildman–Crippen MR) is 130 cm³/mol. The summed E-state index contributed by atoms with van der Waals surface area (Å²) in [6.07, 6.45) is 1.18. The van der Waals surface area contributed by atoms with Gasteiger partial charge in [-0.3, -0.25) is 0 Å². The fourth-order valence-corrected chi connectivity index (χ4v) is 2.57. The van der Waals surface area contributed by atoms with Crippen LogP contribution in [0.25, 0.3) is 0 Å². The van der Waals surface area contributed by atoms with Crippen molar-refractivity contribution in [3.63, 3.8) is 0 Å². The van der Waals surface area contributed by atoms with Crippen LogP contribution in [0.1, 0.15) is 48.9 Å². The Kier molecular flexibility index (Phi) is 26.9. The molecule has 6 nitrogen and oxygen atoms in total. The van der Waals surface area contributed by atoms with Gasteiger partial charge in [-0.05, 0) is 12.8 Å². The number of ether oxygens (including phenoxy) is 2. The van der Waals surface area contributed by atoms with Crippen molar-refractivity contribution in [2.45, 2.75) is 52.7 Å². The Hall–Kier alpha value is -1.48. The molecule has 15 heteroatoms. The van der Waals surface area contributed by atoms with Crippen LogP contribution >= 0.6 is 0 Å². The van der Waals surface area contributed by atoms with Crippen LogP contribution in [-0.4, -0.2) is 61.1 Å². The normalized spacial score (nSPS) is 9.95. The Balaban J connectivity index is -0.000000548. The summed E-state index contributed by atoms with van der Waals surface area (Å²) in [7, 11) is 2.59. The first-order valence-corrected chi connectivity index (χ1v) is 12.0. The molecule has 0 saturated heterocycles. The number of benzene rings is 2. The molecule has 2 aromatic rings. The molecule has 236 valence electrons. The van der Waals surface area contributed by atoms with Gasteiger partial charge in [0, 0.05) is 77.6 Å². The van der Waals surface area contributed by atoms with Crippen molar-refractivity contribution in [2.24, 2.45) is 0 Å². The molecule has 2 rings (SSSR count). The van der Waals surface area contributed by atoms with Crippen LogP contribution < -0.4 is 0 Å². The van der Waals surface area contributed by atoms with Crippen LogP contribution in [-0.2, 0) is 61.7 Å². The van der Waals surface area contributed by atoms with Gasteiger partial charge in [0.25, 0.3) is 0 Å². The van der Waals surface area contributed by atoms with Gasteiger partial charge < -0.3 is 29.9 Å². The summed E-state index contributed by atoms with van der Waals surface area (Å²) in [5.41, 5.74) is -3.43. The zero-order valence-electron chi connectivity index (χ0n) is 23.2. The van der Waals surface area contributed by atoms with E-state index >= 15 is 0 Å². The van der Waals surface area contributed by atoms with Gasteiger partial charge in [0.05, 0.1) is 37.6 Å². The Morgan fingerprint density at radius 2 is 0.659 bits per heavy atom. The van der Waals surface area contributed by atoms with Gasteiger partial charge in [-0.1, -0.05) is 13.8 Å². The van der Waals surface area contributed by atoms with Crippen LogP contribution in [0, 0.1) is 46.5 Å². The number of rotatable bonds is 10. The quantitative estimate of drug-likeness (QED) is 0.215.